The van der Waals surface area contributed by atoms with E-state index >= 15 is 0 Å². The van der Waals surface area contributed by atoms with E-state index in [2.05, 4.69) is 0 Å². The Kier molecular flexibility index (Phi) is 299. The largest absolute Gasteiger partial charge is 0.813 e. The standard InChI is InChI=1S/5Ag.H2S/h;;;;;1H2/p-1. The van der Waals surface area contributed by atoms with E-state index in [1.165, 1.54) is 0 Å². The van der Waals surface area contributed by atoms with Crippen molar-refractivity contribution < 1.29 is 112 Å². The molecule has 6 heavy (non-hydrogen) atoms. The van der Waals surface area contributed by atoms with Gasteiger partial charge < -0.3 is 13.5 Å². The zero-order chi connectivity index (χ0) is 0. The summed E-state index contributed by atoms with van der Waals surface area (Å²) in [6.45, 7) is 0. The van der Waals surface area contributed by atoms with Crippen molar-refractivity contribution in [3.63, 3.8) is 0 Å². The van der Waals surface area contributed by atoms with Gasteiger partial charge in [-0.2, -0.15) is 0 Å². The Morgan fingerprint density at radius 2 is 0.333 bits per heavy atom. The fourth-order valence-corrected chi connectivity index (χ4v) is 0. The Hall–Kier alpha value is 4.05. The van der Waals surface area contributed by atoms with Gasteiger partial charge in [-0.1, -0.05) is 0 Å². The van der Waals surface area contributed by atoms with Crippen molar-refractivity contribution in [2.45, 2.75) is 0 Å². The van der Waals surface area contributed by atoms with Gasteiger partial charge in [0.25, 0.3) is 0 Å². The average Bonchev–Trinajstić information content (AvgIpc) is 0. The maximum absolute atomic E-state index is 0. The molecule has 0 nitrogen and oxygen atoms in total. The predicted molar refractivity (Wildman–Crippen MR) is 8.76 cm³/mol. The number of thiol groups is 1. The van der Waals surface area contributed by atoms with Gasteiger partial charge in [-0.3, -0.25) is 0 Å². The quantitative estimate of drug-likeness (QED) is 0.219. The molecule has 0 saturated carbocycles. The molecular weight excluding hydrogens is 571 g/mol. The molecular formula is HAg5S-. The van der Waals surface area contributed by atoms with Crippen LogP contribution in [-0.4, -0.2) is 0 Å². The Balaban J connectivity index is 0. The zero-order valence-electron chi connectivity index (χ0n) is 1.95. The first-order valence-corrected chi connectivity index (χ1v) is 0. The molecule has 0 bridgehead atoms. The first kappa shape index (κ1) is 50.2. The van der Waals surface area contributed by atoms with Gasteiger partial charge in [-0.05, 0) is 0 Å². The Labute approximate surface area is 123 Å². The van der Waals surface area contributed by atoms with Crippen molar-refractivity contribution in [3.8, 4) is 0 Å². The molecule has 0 unspecified atom stereocenters. The van der Waals surface area contributed by atoms with Crippen LogP contribution < -0.4 is 0 Å². The third-order valence-electron chi connectivity index (χ3n) is 0. The van der Waals surface area contributed by atoms with Crippen LogP contribution in [0.2, 0.25) is 0 Å². The van der Waals surface area contributed by atoms with Gasteiger partial charge in [0.05, 0.1) is 0 Å². The molecule has 0 saturated heterocycles. The second-order valence-corrected chi connectivity index (χ2v) is 0. The van der Waals surface area contributed by atoms with Gasteiger partial charge in [0.2, 0.25) is 0 Å². The Morgan fingerprint density at radius 3 is 0.333 bits per heavy atom. The predicted octanol–water partition coefficient (Wildman–Crippen LogP) is -0.283. The summed E-state index contributed by atoms with van der Waals surface area (Å²) in [4.78, 5) is 0. The Morgan fingerprint density at radius 1 is 0.333 bits per heavy atom. The van der Waals surface area contributed by atoms with E-state index < -0.39 is 0 Å². The van der Waals surface area contributed by atoms with E-state index in [0.717, 1.165) is 0 Å². The first-order chi connectivity index (χ1) is 0. The van der Waals surface area contributed by atoms with Crippen molar-refractivity contribution >= 4 is 13.5 Å². The summed E-state index contributed by atoms with van der Waals surface area (Å²) < 4.78 is 0. The van der Waals surface area contributed by atoms with Gasteiger partial charge in [0, 0.05) is 112 Å². The average molecular weight is 572 g/mol. The van der Waals surface area contributed by atoms with Gasteiger partial charge in [-0.25, -0.2) is 0 Å². The minimum Gasteiger partial charge on any atom is -0.813 e. The van der Waals surface area contributed by atoms with Crippen molar-refractivity contribution in [1.82, 2.24) is 0 Å². The molecule has 0 aliphatic carbocycles. The van der Waals surface area contributed by atoms with Crippen LogP contribution in [0.5, 0.6) is 0 Å². The van der Waals surface area contributed by atoms with Crippen LogP contribution >= 0.6 is 0 Å². The van der Waals surface area contributed by atoms with E-state index in [0.29, 0.717) is 0 Å². The normalized spacial score (nSPS) is 0. The second-order valence-electron chi connectivity index (χ2n) is 0. The van der Waals surface area contributed by atoms with E-state index in [1.807, 2.05) is 0 Å². The summed E-state index contributed by atoms with van der Waals surface area (Å²) in [5, 5.41) is 0. The summed E-state index contributed by atoms with van der Waals surface area (Å²) in [6, 6.07) is 0. The van der Waals surface area contributed by atoms with Crippen LogP contribution in [0.15, 0.2) is 0 Å². The smallest absolute Gasteiger partial charge is 0 e. The molecule has 0 aliphatic heterocycles. The minimum absolute atomic E-state index is 0. The molecule has 0 amide bonds. The molecule has 0 atom stereocenters. The minimum atomic E-state index is 0. The molecule has 0 fully saturated rings. The summed E-state index contributed by atoms with van der Waals surface area (Å²) in [6.07, 6.45) is 0. The molecule has 6 heteroatoms. The molecule has 5 radical (unpaired) electrons. The van der Waals surface area contributed by atoms with Crippen molar-refractivity contribution in [2.24, 2.45) is 0 Å². The third-order valence-corrected chi connectivity index (χ3v) is 0. The SMILES string of the molecule is [Ag].[Ag].[Ag].[Ag].[Ag].[SH-]. The van der Waals surface area contributed by atoms with Crippen LogP contribution in [0.1, 0.15) is 0 Å². The monoisotopic (exact) mass is 568 g/mol. The third kappa shape index (κ3) is 24.4. The summed E-state index contributed by atoms with van der Waals surface area (Å²) in [5.41, 5.74) is 0. The molecule has 0 aromatic rings. The number of hydrogen-bond acceptors (Lipinski definition) is 1. The molecule has 0 spiro atoms. The molecule has 0 aliphatic rings. The van der Waals surface area contributed by atoms with Gasteiger partial charge in [0.1, 0.15) is 0 Å². The van der Waals surface area contributed by atoms with E-state index in [9.17, 15) is 0 Å². The van der Waals surface area contributed by atoms with Crippen LogP contribution in [0.4, 0.5) is 0 Å². The maximum atomic E-state index is 0. The van der Waals surface area contributed by atoms with E-state index in [1.54, 1.807) is 0 Å². The topological polar surface area (TPSA) is 0 Å². The van der Waals surface area contributed by atoms with E-state index in [4.69, 9.17) is 0 Å². The maximum Gasteiger partial charge on any atom is 0 e. The van der Waals surface area contributed by atoms with Crippen LogP contribution in [-0.2, 0) is 125 Å². The zero-order valence-corrected chi connectivity index (χ0v) is 10.3. The summed E-state index contributed by atoms with van der Waals surface area (Å²) in [7, 11) is 0. The van der Waals surface area contributed by atoms with Gasteiger partial charge >= 0.3 is 0 Å². The van der Waals surface area contributed by atoms with Crippen molar-refractivity contribution in [1.29, 1.82) is 0 Å². The fourth-order valence-electron chi connectivity index (χ4n) is 0. The molecule has 0 aromatic heterocycles. The number of rotatable bonds is 0. The van der Waals surface area contributed by atoms with Crippen molar-refractivity contribution in [2.75, 3.05) is 0 Å². The fraction of sp³-hybridized carbons (Fsp3) is 0. The summed E-state index contributed by atoms with van der Waals surface area (Å²) in [5.74, 6) is 0. The molecule has 0 N–H and O–H groups in total. The molecule has 0 heterocycles. The second kappa shape index (κ2) is 35.7. The van der Waals surface area contributed by atoms with Gasteiger partial charge in [0.15, 0.2) is 0 Å². The van der Waals surface area contributed by atoms with Crippen LogP contribution in [0, 0.1) is 0 Å². The van der Waals surface area contributed by atoms with Crippen molar-refractivity contribution in [3.05, 3.63) is 0 Å². The van der Waals surface area contributed by atoms with Crippen LogP contribution in [0.3, 0.4) is 0 Å². The molecule has 0 aromatic carbocycles. The molecule has 0 rings (SSSR count). The van der Waals surface area contributed by atoms with Gasteiger partial charge in [-0.15, -0.1) is 0 Å². The molecule has 63 valence electrons. The van der Waals surface area contributed by atoms with Crippen LogP contribution in [0.25, 0.3) is 0 Å². The summed E-state index contributed by atoms with van der Waals surface area (Å²) >= 11 is 0. The Bertz CT molecular complexity index is 3.90. The number of hydrogen-bond donors (Lipinski definition) is 0. The first-order valence-electron chi connectivity index (χ1n) is 0. The van der Waals surface area contributed by atoms with E-state index in [-0.39, 0.29) is 125 Å².